The molecule has 0 aliphatic carbocycles. The van der Waals surface area contributed by atoms with Gasteiger partial charge in [-0.05, 0) is 44.6 Å². The van der Waals surface area contributed by atoms with Gasteiger partial charge in [0.2, 0.25) is 0 Å². The van der Waals surface area contributed by atoms with E-state index < -0.39 is 0 Å². The van der Waals surface area contributed by atoms with Gasteiger partial charge >= 0.3 is 0 Å². The maximum Gasteiger partial charge on any atom is 0.195 e. The van der Waals surface area contributed by atoms with Crippen LogP contribution in [0.3, 0.4) is 0 Å². The molecule has 0 atom stereocenters. The fourth-order valence-corrected chi connectivity index (χ4v) is 2.47. The van der Waals surface area contributed by atoms with E-state index in [4.69, 9.17) is 0 Å². The smallest absolute Gasteiger partial charge is 0.195 e. The van der Waals surface area contributed by atoms with Crippen LogP contribution in [0.5, 0.6) is 0 Å². The van der Waals surface area contributed by atoms with Gasteiger partial charge in [-0.15, -0.1) is 0 Å². The largest absolute Gasteiger partial charge is 0.313 e. The SMILES string of the molecule is CCCNCc1cnc(Sc2nc(C)cc(C)n2)nc1. The van der Waals surface area contributed by atoms with Gasteiger partial charge in [0.1, 0.15) is 0 Å². The average molecular weight is 289 g/mol. The number of aromatic nitrogens is 4. The summed E-state index contributed by atoms with van der Waals surface area (Å²) in [6.07, 6.45) is 4.82. The second kappa shape index (κ2) is 7.31. The van der Waals surface area contributed by atoms with Gasteiger partial charge in [0.05, 0.1) is 0 Å². The molecule has 2 aromatic rings. The molecule has 5 nitrogen and oxygen atoms in total. The lowest BCUT2D eigenvalue weighted by Crippen LogP contribution is -2.14. The van der Waals surface area contributed by atoms with Gasteiger partial charge in [0.25, 0.3) is 0 Å². The molecule has 0 aliphatic heterocycles. The highest BCUT2D eigenvalue weighted by Crippen LogP contribution is 2.20. The average Bonchev–Trinajstić information content (AvgIpc) is 2.40. The highest BCUT2D eigenvalue weighted by atomic mass is 32.2. The number of nitrogens with one attached hydrogen (secondary N) is 1. The first-order valence-electron chi connectivity index (χ1n) is 6.69. The number of aryl methyl sites for hydroxylation is 2. The number of nitrogens with zero attached hydrogens (tertiary/aromatic N) is 4. The van der Waals surface area contributed by atoms with E-state index in [9.17, 15) is 0 Å². The Hall–Kier alpha value is -1.53. The van der Waals surface area contributed by atoms with Gasteiger partial charge in [0.15, 0.2) is 10.3 Å². The topological polar surface area (TPSA) is 63.6 Å². The molecule has 0 saturated heterocycles. The van der Waals surface area contributed by atoms with Crippen LogP contribution in [0.2, 0.25) is 0 Å². The Labute approximate surface area is 123 Å². The van der Waals surface area contributed by atoms with Crippen molar-refractivity contribution in [3.05, 3.63) is 35.4 Å². The zero-order valence-electron chi connectivity index (χ0n) is 12.1. The molecule has 106 valence electrons. The normalized spacial score (nSPS) is 10.8. The number of hydrogen-bond acceptors (Lipinski definition) is 6. The lowest BCUT2D eigenvalue weighted by atomic mass is 10.3. The molecule has 0 unspecified atom stereocenters. The van der Waals surface area contributed by atoms with Crippen molar-refractivity contribution in [3.8, 4) is 0 Å². The van der Waals surface area contributed by atoms with Crippen molar-refractivity contribution < 1.29 is 0 Å². The molecule has 0 aromatic carbocycles. The monoisotopic (exact) mass is 289 g/mol. The summed E-state index contributed by atoms with van der Waals surface area (Å²) in [6.45, 7) is 7.88. The van der Waals surface area contributed by atoms with Crippen molar-refractivity contribution in [1.82, 2.24) is 25.3 Å². The zero-order chi connectivity index (χ0) is 14.4. The summed E-state index contributed by atoms with van der Waals surface area (Å²) in [4.78, 5) is 17.4. The molecule has 0 aliphatic rings. The van der Waals surface area contributed by atoms with E-state index in [-0.39, 0.29) is 0 Å². The minimum absolute atomic E-state index is 0.675. The second-order valence-electron chi connectivity index (χ2n) is 4.59. The Kier molecular flexibility index (Phi) is 5.43. The Bertz CT molecular complexity index is 536. The van der Waals surface area contributed by atoms with E-state index >= 15 is 0 Å². The van der Waals surface area contributed by atoms with Crippen LogP contribution >= 0.6 is 11.8 Å². The Morgan fingerprint density at radius 3 is 2.30 bits per heavy atom. The van der Waals surface area contributed by atoms with Crippen molar-refractivity contribution in [1.29, 1.82) is 0 Å². The molecule has 0 bridgehead atoms. The van der Waals surface area contributed by atoms with Crippen LogP contribution in [-0.4, -0.2) is 26.5 Å². The zero-order valence-corrected chi connectivity index (χ0v) is 12.9. The van der Waals surface area contributed by atoms with Crippen LogP contribution in [0, 0.1) is 13.8 Å². The van der Waals surface area contributed by atoms with Crippen molar-refractivity contribution in [2.24, 2.45) is 0 Å². The van der Waals surface area contributed by atoms with E-state index in [0.717, 1.165) is 36.5 Å². The first-order valence-corrected chi connectivity index (χ1v) is 7.51. The fourth-order valence-electron chi connectivity index (χ4n) is 1.72. The van der Waals surface area contributed by atoms with Gasteiger partial charge < -0.3 is 5.32 Å². The van der Waals surface area contributed by atoms with E-state index in [0.29, 0.717) is 10.3 Å². The summed E-state index contributed by atoms with van der Waals surface area (Å²) in [5.74, 6) is 0. The van der Waals surface area contributed by atoms with E-state index in [1.165, 1.54) is 11.8 Å². The predicted octanol–water partition coefficient (Wildman–Crippen LogP) is 2.53. The van der Waals surface area contributed by atoms with Gasteiger partial charge in [0, 0.05) is 35.9 Å². The molecule has 2 heterocycles. The summed E-state index contributed by atoms with van der Waals surface area (Å²) in [5, 5.41) is 4.69. The van der Waals surface area contributed by atoms with E-state index in [1.807, 2.05) is 32.3 Å². The van der Waals surface area contributed by atoms with Crippen molar-refractivity contribution in [2.45, 2.75) is 44.0 Å². The van der Waals surface area contributed by atoms with Crippen molar-refractivity contribution in [3.63, 3.8) is 0 Å². The van der Waals surface area contributed by atoms with Gasteiger partial charge in [-0.3, -0.25) is 0 Å². The van der Waals surface area contributed by atoms with Crippen LogP contribution in [0.4, 0.5) is 0 Å². The van der Waals surface area contributed by atoms with Gasteiger partial charge in [-0.1, -0.05) is 6.92 Å². The minimum Gasteiger partial charge on any atom is -0.313 e. The van der Waals surface area contributed by atoms with Crippen LogP contribution in [-0.2, 0) is 6.54 Å². The van der Waals surface area contributed by atoms with E-state index in [2.05, 4.69) is 32.2 Å². The molecule has 0 radical (unpaired) electrons. The van der Waals surface area contributed by atoms with Crippen molar-refractivity contribution in [2.75, 3.05) is 6.54 Å². The summed E-state index contributed by atoms with van der Waals surface area (Å²) < 4.78 is 0. The molecular formula is C14H19N5S. The van der Waals surface area contributed by atoms with Gasteiger partial charge in [-0.2, -0.15) is 0 Å². The third kappa shape index (κ3) is 4.54. The van der Waals surface area contributed by atoms with E-state index in [1.54, 1.807) is 0 Å². The molecule has 20 heavy (non-hydrogen) atoms. The van der Waals surface area contributed by atoms with Gasteiger partial charge in [-0.25, -0.2) is 19.9 Å². The second-order valence-corrected chi connectivity index (χ2v) is 5.52. The lowest BCUT2D eigenvalue weighted by molar-refractivity contribution is 0.669. The Morgan fingerprint density at radius 1 is 1.05 bits per heavy atom. The molecule has 0 saturated carbocycles. The predicted molar refractivity (Wildman–Crippen MR) is 79.7 cm³/mol. The number of hydrogen-bond donors (Lipinski definition) is 1. The third-order valence-corrected chi connectivity index (χ3v) is 3.34. The molecule has 0 fully saturated rings. The molecule has 2 aromatic heterocycles. The lowest BCUT2D eigenvalue weighted by Gasteiger charge is -2.04. The Morgan fingerprint density at radius 2 is 1.70 bits per heavy atom. The van der Waals surface area contributed by atoms with Crippen molar-refractivity contribution >= 4 is 11.8 Å². The third-order valence-electron chi connectivity index (χ3n) is 2.58. The molecule has 2 rings (SSSR count). The summed E-state index contributed by atoms with van der Waals surface area (Å²) >= 11 is 1.39. The summed E-state index contributed by atoms with van der Waals surface area (Å²) in [5.41, 5.74) is 3.00. The summed E-state index contributed by atoms with van der Waals surface area (Å²) in [7, 11) is 0. The molecular weight excluding hydrogens is 270 g/mol. The first kappa shape index (κ1) is 14.9. The first-order chi connectivity index (χ1) is 9.67. The molecule has 1 N–H and O–H groups in total. The standard InChI is InChI=1S/C14H19N5S/c1-4-5-15-7-12-8-16-13(17-9-12)20-14-18-10(2)6-11(3)19-14/h6,8-9,15H,4-5,7H2,1-3H3. The van der Waals surface area contributed by atoms with Crippen LogP contribution in [0.25, 0.3) is 0 Å². The quantitative estimate of drug-likeness (QED) is 0.651. The maximum absolute atomic E-state index is 4.37. The maximum atomic E-state index is 4.37. The van der Waals surface area contributed by atoms with Crippen LogP contribution in [0.15, 0.2) is 28.8 Å². The highest BCUT2D eigenvalue weighted by molar-refractivity contribution is 7.99. The molecule has 0 spiro atoms. The molecule has 0 amide bonds. The van der Waals surface area contributed by atoms with Crippen LogP contribution in [0.1, 0.15) is 30.3 Å². The Balaban J connectivity index is 1.99. The minimum atomic E-state index is 0.675. The summed E-state index contributed by atoms with van der Waals surface area (Å²) in [6, 6.07) is 1.95. The number of rotatable bonds is 6. The molecule has 6 heteroatoms. The highest BCUT2D eigenvalue weighted by Gasteiger charge is 2.05. The van der Waals surface area contributed by atoms with Crippen LogP contribution < -0.4 is 5.32 Å². The fraction of sp³-hybridized carbons (Fsp3) is 0.429.